The lowest BCUT2D eigenvalue weighted by atomic mass is 10.1. The third-order valence-electron chi connectivity index (χ3n) is 1.92. The van der Waals surface area contributed by atoms with Crippen LogP contribution in [0.25, 0.3) is 0 Å². The Labute approximate surface area is 89.4 Å². The van der Waals surface area contributed by atoms with Crippen LogP contribution in [-0.2, 0) is 0 Å². The Hall–Kier alpha value is -1.79. The van der Waals surface area contributed by atoms with E-state index in [9.17, 15) is 4.79 Å². The van der Waals surface area contributed by atoms with Gasteiger partial charge in [-0.25, -0.2) is 0 Å². The van der Waals surface area contributed by atoms with Gasteiger partial charge in [-0.3, -0.25) is 10.1 Å². The van der Waals surface area contributed by atoms with E-state index in [1.807, 2.05) is 6.07 Å². The molecule has 78 valence electrons. The van der Waals surface area contributed by atoms with Gasteiger partial charge in [0.1, 0.15) is 5.75 Å². The van der Waals surface area contributed by atoms with Crippen molar-refractivity contribution in [2.75, 3.05) is 20.2 Å². The van der Waals surface area contributed by atoms with Crippen LogP contribution in [-0.4, -0.2) is 26.0 Å². The van der Waals surface area contributed by atoms with Gasteiger partial charge in [0, 0.05) is 0 Å². The van der Waals surface area contributed by atoms with Crippen molar-refractivity contribution in [3.05, 3.63) is 29.8 Å². The Morgan fingerprint density at radius 3 is 2.93 bits per heavy atom. The van der Waals surface area contributed by atoms with E-state index >= 15 is 0 Å². The molecule has 0 saturated carbocycles. The number of ether oxygens (including phenoxy) is 1. The molecule has 0 radical (unpaired) electrons. The van der Waals surface area contributed by atoms with Crippen LogP contribution in [0.3, 0.4) is 0 Å². The summed E-state index contributed by atoms with van der Waals surface area (Å²) in [4.78, 5) is 11.7. The summed E-state index contributed by atoms with van der Waals surface area (Å²) in [6.45, 7) is 0.617. The molecule has 0 saturated heterocycles. The van der Waals surface area contributed by atoms with Crippen LogP contribution in [0.15, 0.2) is 24.3 Å². The highest BCUT2D eigenvalue weighted by molar-refractivity contribution is 6.00. The molecule has 0 atom stereocenters. The largest absolute Gasteiger partial charge is 0.496 e. The lowest BCUT2D eigenvalue weighted by molar-refractivity contribution is 0.0989. The third-order valence-corrected chi connectivity index (χ3v) is 1.92. The molecule has 0 aliphatic carbocycles. The summed E-state index contributed by atoms with van der Waals surface area (Å²) >= 11 is 0. The van der Waals surface area contributed by atoms with Crippen LogP contribution in [0.1, 0.15) is 10.4 Å². The summed E-state index contributed by atoms with van der Waals surface area (Å²) in [5.74, 6) is 2.97. The molecule has 0 unspecified atom stereocenters. The molecule has 0 aliphatic heterocycles. The Kier molecular flexibility index (Phi) is 4.39. The van der Waals surface area contributed by atoms with Crippen molar-refractivity contribution < 1.29 is 9.53 Å². The number of methoxy groups -OCH3 is 1. The monoisotopic (exact) mass is 203 g/mol. The first-order valence-electron chi connectivity index (χ1n) is 4.60. The number of terminal acetylenes is 1. The van der Waals surface area contributed by atoms with Crippen LogP contribution >= 0.6 is 0 Å². The molecule has 1 N–H and O–H groups in total. The minimum atomic E-state index is -0.0253. The fourth-order valence-electron chi connectivity index (χ4n) is 1.22. The number of hydrogen-bond acceptors (Lipinski definition) is 3. The highest BCUT2D eigenvalue weighted by atomic mass is 16.5. The van der Waals surface area contributed by atoms with Crippen molar-refractivity contribution in [2.24, 2.45) is 0 Å². The van der Waals surface area contributed by atoms with Gasteiger partial charge >= 0.3 is 0 Å². The average molecular weight is 203 g/mol. The fourth-order valence-corrected chi connectivity index (χ4v) is 1.22. The second-order valence-electron chi connectivity index (χ2n) is 2.93. The molecule has 0 aromatic heterocycles. The van der Waals surface area contributed by atoms with Crippen molar-refractivity contribution in [3.63, 3.8) is 0 Å². The summed E-state index contributed by atoms with van der Waals surface area (Å²) in [6.07, 6.45) is 5.06. The number of nitrogens with one attached hydrogen (secondary N) is 1. The first-order chi connectivity index (χ1) is 7.29. The van der Waals surface area contributed by atoms with Gasteiger partial charge in [0.15, 0.2) is 5.78 Å². The predicted molar refractivity (Wildman–Crippen MR) is 59.0 cm³/mol. The molecule has 15 heavy (non-hydrogen) atoms. The van der Waals surface area contributed by atoms with Crippen LogP contribution < -0.4 is 10.1 Å². The molecule has 1 aromatic rings. The van der Waals surface area contributed by atoms with Gasteiger partial charge in [-0.05, 0) is 12.1 Å². The zero-order valence-corrected chi connectivity index (χ0v) is 8.62. The SMILES string of the molecule is C#CCNCC(=O)c1ccccc1OC. The molecule has 0 spiro atoms. The predicted octanol–water partition coefficient (Wildman–Crippen LogP) is 1.10. The highest BCUT2D eigenvalue weighted by Crippen LogP contribution is 2.17. The van der Waals surface area contributed by atoms with Crippen molar-refractivity contribution in [3.8, 4) is 18.1 Å². The van der Waals surface area contributed by atoms with Gasteiger partial charge in [0.2, 0.25) is 0 Å². The fraction of sp³-hybridized carbons (Fsp3) is 0.250. The first-order valence-corrected chi connectivity index (χ1v) is 4.60. The second kappa shape index (κ2) is 5.84. The number of hydrogen-bond donors (Lipinski definition) is 1. The number of ketones is 1. The summed E-state index contributed by atoms with van der Waals surface area (Å²) in [5, 5.41) is 2.84. The van der Waals surface area contributed by atoms with E-state index in [0.717, 1.165) is 0 Å². The zero-order valence-electron chi connectivity index (χ0n) is 8.62. The zero-order chi connectivity index (χ0) is 11.1. The maximum Gasteiger partial charge on any atom is 0.180 e. The standard InChI is InChI=1S/C12H13NO2/c1-3-8-13-9-11(14)10-6-4-5-7-12(10)15-2/h1,4-7,13H,8-9H2,2H3. The minimum Gasteiger partial charge on any atom is -0.496 e. The van der Waals surface area contributed by atoms with Gasteiger partial charge in [-0.2, -0.15) is 0 Å². The molecule has 1 aromatic carbocycles. The molecule has 0 heterocycles. The van der Waals surface area contributed by atoms with Crippen molar-refractivity contribution >= 4 is 5.78 Å². The van der Waals surface area contributed by atoms with Crippen LogP contribution in [0.5, 0.6) is 5.75 Å². The topological polar surface area (TPSA) is 38.3 Å². The number of carbonyl (C=O) groups is 1. The lowest BCUT2D eigenvalue weighted by Crippen LogP contribution is -2.23. The highest BCUT2D eigenvalue weighted by Gasteiger charge is 2.09. The molecule has 0 fully saturated rings. The van der Waals surface area contributed by atoms with Gasteiger partial charge in [0.25, 0.3) is 0 Å². The molecule has 3 heteroatoms. The minimum absolute atomic E-state index is 0.0253. The van der Waals surface area contributed by atoms with E-state index in [1.54, 1.807) is 25.3 Å². The molecular weight excluding hydrogens is 190 g/mol. The van der Waals surface area contributed by atoms with Gasteiger partial charge in [-0.15, -0.1) is 6.42 Å². The van der Waals surface area contributed by atoms with Crippen molar-refractivity contribution in [1.82, 2.24) is 5.32 Å². The molecule has 0 amide bonds. The quantitative estimate of drug-likeness (QED) is 0.442. The smallest absolute Gasteiger partial charge is 0.180 e. The maximum atomic E-state index is 11.7. The first kappa shape index (κ1) is 11.3. The number of benzene rings is 1. The Bertz CT molecular complexity index is 379. The average Bonchev–Trinajstić information content (AvgIpc) is 2.29. The summed E-state index contributed by atoms with van der Waals surface area (Å²) in [5.41, 5.74) is 0.574. The van der Waals surface area contributed by atoms with Gasteiger partial charge in [0.05, 0.1) is 25.8 Å². The summed E-state index contributed by atoms with van der Waals surface area (Å²) in [6, 6.07) is 7.12. The van der Waals surface area contributed by atoms with Crippen LogP contribution in [0, 0.1) is 12.3 Å². The summed E-state index contributed by atoms with van der Waals surface area (Å²) < 4.78 is 5.08. The van der Waals surface area contributed by atoms with Crippen molar-refractivity contribution in [2.45, 2.75) is 0 Å². The Morgan fingerprint density at radius 2 is 2.27 bits per heavy atom. The summed E-state index contributed by atoms with van der Waals surface area (Å²) in [7, 11) is 1.54. The normalized spacial score (nSPS) is 9.33. The van der Waals surface area contributed by atoms with Crippen LogP contribution in [0.2, 0.25) is 0 Å². The third kappa shape index (κ3) is 3.12. The number of carbonyl (C=O) groups excluding carboxylic acids is 1. The van der Waals surface area contributed by atoms with E-state index in [0.29, 0.717) is 17.9 Å². The molecule has 0 bridgehead atoms. The number of para-hydroxylation sites is 1. The van der Waals surface area contributed by atoms with Gasteiger partial charge in [-0.1, -0.05) is 18.1 Å². The van der Waals surface area contributed by atoms with Gasteiger partial charge < -0.3 is 4.74 Å². The van der Waals surface area contributed by atoms with E-state index in [2.05, 4.69) is 11.2 Å². The Morgan fingerprint density at radius 1 is 1.53 bits per heavy atom. The molecule has 3 nitrogen and oxygen atoms in total. The molecule has 0 aliphatic rings. The molecular formula is C12H13NO2. The van der Waals surface area contributed by atoms with E-state index < -0.39 is 0 Å². The lowest BCUT2D eigenvalue weighted by Gasteiger charge is -2.06. The van der Waals surface area contributed by atoms with E-state index in [-0.39, 0.29) is 12.3 Å². The van der Waals surface area contributed by atoms with E-state index in [1.165, 1.54) is 0 Å². The number of rotatable bonds is 5. The Balaban J connectivity index is 2.69. The molecule has 1 rings (SSSR count). The maximum absolute atomic E-state index is 11.7. The van der Waals surface area contributed by atoms with Crippen LogP contribution in [0.4, 0.5) is 0 Å². The number of Topliss-reactive ketones (excluding diaryl/α,β-unsaturated/α-hetero) is 1. The van der Waals surface area contributed by atoms with E-state index in [4.69, 9.17) is 11.2 Å². The second-order valence-corrected chi connectivity index (χ2v) is 2.93. The van der Waals surface area contributed by atoms with Crippen molar-refractivity contribution in [1.29, 1.82) is 0 Å².